The summed E-state index contributed by atoms with van der Waals surface area (Å²) in [4.78, 5) is 16.6. The Bertz CT molecular complexity index is 887. The fraction of sp³-hybridized carbons (Fsp3) is 0.294. The first-order valence-electron chi connectivity index (χ1n) is 7.27. The molecule has 24 heavy (non-hydrogen) atoms. The Morgan fingerprint density at radius 3 is 2.42 bits per heavy atom. The van der Waals surface area contributed by atoms with Crippen LogP contribution < -0.4 is 4.72 Å². The number of benzene rings is 1. The van der Waals surface area contributed by atoms with Crippen molar-refractivity contribution < 1.29 is 13.2 Å². The van der Waals surface area contributed by atoms with Crippen LogP contribution in [0, 0.1) is 0 Å². The molecule has 0 aliphatic heterocycles. The van der Waals surface area contributed by atoms with Gasteiger partial charge in [-0.3, -0.25) is 9.78 Å². The molecule has 5 nitrogen and oxygen atoms in total. The number of aromatic nitrogens is 1. The van der Waals surface area contributed by atoms with Crippen molar-refractivity contribution in [3.05, 3.63) is 52.7 Å². The lowest BCUT2D eigenvalue weighted by Gasteiger charge is -2.18. The van der Waals surface area contributed by atoms with Crippen LogP contribution in [0.4, 0.5) is 0 Å². The van der Waals surface area contributed by atoms with E-state index in [1.54, 1.807) is 12.1 Å². The summed E-state index contributed by atoms with van der Waals surface area (Å²) in [5, 5.41) is 0.435. The highest BCUT2D eigenvalue weighted by atomic mass is 35.5. The van der Waals surface area contributed by atoms with E-state index in [1.807, 2.05) is 16.9 Å². The first kappa shape index (κ1) is 18.4. The van der Waals surface area contributed by atoms with Gasteiger partial charge < -0.3 is 0 Å². The van der Waals surface area contributed by atoms with Crippen LogP contribution in [0.3, 0.4) is 0 Å². The molecule has 2 rings (SSSR count). The van der Waals surface area contributed by atoms with Crippen molar-refractivity contribution in [2.75, 3.05) is 6.26 Å². The highest BCUT2D eigenvalue weighted by Crippen LogP contribution is 2.30. The minimum atomic E-state index is -3.63. The number of hydrogen-bond acceptors (Lipinski definition) is 4. The van der Waals surface area contributed by atoms with Gasteiger partial charge >= 0.3 is 0 Å². The zero-order chi connectivity index (χ0) is 18.1. The van der Waals surface area contributed by atoms with Crippen molar-refractivity contribution in [3.8, 4) is 11.3 Å². The molecule has 1 aromatic heterocycles. The Labute approximate surface area is 147 Å². The average molecular weight is 367 g/mol. The van der Waals surface area contributed by atoms with E-state index in [4.69, 9.17) is 11.6 Å². The molecule has 0 atom stereocenters. The Morgan fingerprint density at radius 2 is 1.83 bits per heavy atom. The second-order valence-electron chi connectivity index (χ2n) is 6.56. The summed E-state index contributed by atoms with van der Waals surface area (Å²) in [6, 6.07) is 10.2. The van der Waals surface area contributed by atoms with Crippen LogP contribution in [-0.2, 0) is 15.4 Å². The van der Waals surface area contributed by atoms with E-state index in [2.05, 4.69) is 25.8 Å². The minimum Gasteiger partial charge on any atom is -0.268 e. The lowest BCUT2D eigenvalue weighted by atomic mass is 9.91. The summed E-state index contributed by atoms with van der Waals surface area (Å²) in [5.74, 6) is -0.706. The maximum Gasteiger partial charge on any atom is 0.264 e. The maximum absolute atomic E-state index is 12.0. The SMILES string of the molecule is CC(C)(C)c1cccc(-c2cc(C(=O)NS(C)(=O)=O)ccc2Cl)n1. The summed E-state index contributed by atoms with van der Waals surface area (Å²) in [6.45, 7) is 6.16. The molecular formula is C17H19ClN2O3S. The van der Waals surface area contributed by atoms with Crippen molar-refractivity contribution in [1.82, 2.24) is 9.71 Å². The van der Waals surface area contributed by atoms with Crippen LogP contribution in [0.25, 0.3) is 11.3 Å². The number of sulfonamides is 1. The van der Waals surface area contributed by atoms with Crippen molar-refractivity contribution in [1.29, 1.82) is 0 Å². The second-order valence-corrected chi connectivity index (χ2v) is 8.71. The zero-order valence-electron chi connectivity index (χ0n) is 13.9. The van der Waals surface area contributed by atoms with E-state index >= 15 is 0 Å². The van der Waals surface area contributed by atoms with Crippen LogP contribution in [0.15, 0.2) is 36.4 Å². The van der Waals surface area contributed by atoms with Gasteiger partial charge in [-0.05, 0) is 30.3 Å². The zero-order valence-corrected chi connectivity index (χ0v) is 15.5. The molecule has 1 aromatic carbocycles. The molecule has 1 heterocycles. The number of carbonyl (C=O) groups is 1. The van der Waals surface area contributed by atoms with Gasteiger partial charge in [0.15, 0.2) is 0 Å². The summed E-state index contributed by atoms with van der Waals surface area (Å²) in [5.41, 5.74) is 2.16. The Balaban J connectivity index is 2.48. The molecule has 0 aliphatic carbocycles. The smallest absolute Gasteiger partial charge is 0.264 e. The maximum atomic E-state index is 12.0. The summed E-state index contributed by atoms with van der Waals surface area (Å²) >= 11 is 6.25. The molecular weight excluding hydrogens is 348 g/mol. The summed E-state index contributed by atoms with van der Waals surface area (Å²) < 4.78 is 24.4. The van der Waals surface area contributed by atoms with E-state index in [0.717, 1.165) is 11.9 Å². The van der Waals surface area contributed by atoms with Crippen LogP contribution >= 0.6 is 11.6 Å². The van der Waals surface area contributed by atoms with Crippen molar-refractivity contribution >= 4 is 27.5 Å². The van der Waals surface area contributed by atoms with Crippen LogP contribution in [0.2, 0.25) is 5.02 Å². The van der Waals surface area contributed by atoms with Gasteiger partial charge in [-0.1, -0.05) is 38.4 Å². The topological polar surface area (TPSA) is 76.1 Å². The van der Waals surface area contributed by atoms with Crippen molar-refractivity contribution in [2.45, 2.75) is 26.2 Å². The third-order valence-electron chi connectivity index (χ3n) is 3.30. The molecule has 0 saturated heterocycles. The standard InChI is InChI=1S/C17H19ClN2O3S/c1-17(2,3)15-7-5-6-14(19-15)12-10-11(8-9-13(12)18)16(21)20-24(4,22)23/h5-10H,1-4H3,(H,20,21). The average Bonchev–Trinajstić information content (AvgIpc) is 2.45. The van der Waals surface area contributed by atoms with Crippen LogP contribution in [-0.4, -0.2) is 25.6 Å². The largest absolute Gasteiger partial charge is 0.268 e. The number of rotatable bonds is 3. The van der Waals surface area contributed by atoms with Gasteiger partial charge in [0.1, 0.15) is 0 Å². The molecule has 128 valence electrons. The monoisotopic (exact) mass is 366 g/mol. The molecule has 0 unspecified atom stereocenters. The van der Waals surface area contributed by atoms with Gasteiger partial charge in [-0.2, -0.15) is 0 Å². The van der Waals surface area contributed by atoms with E-state index in [0.29, 0.717) is 16.3 Å². The summed E-state index contributed by atoms with van der Waals surface area (Å²) in [7, 11) is -3.63. The fourth-order valence-corrected chi connectivity index (χ4v) is 2.76. The predicted octanol–water partition coefficient (Wildman–Crippen LogP) is 3.39. The number of amides is 1. The lowest BCUT2D eigenvalue weighted by molar-refractivity contribution is 0.0981. The molecule has 0 saturated carbocycles. The van der Waals surface area contributed by atoms with Crippen LogP contribution in [0.1, 0.15) is 36.8 Å². The summed E-state index contributed by atoms with van der Waals surface area (Å²) in [6.07, 6.45) is 0.927. The number of pyridine rings is 1. The highest BCUT2D eigenvalue weighted by molar-refractivity contribution is 7.89. The van der Waals surface area contributed by atoms with Gasteiger partial charge in [-0.25, -0.2) is 13.1 Å². The van der Waals surface area contributed by atoms with Gasteiger partial charge in [0.05, 0.1) is 17.0 Å². The molecule has 0 bridgehead atoms. The van der Waals surface area contributed by atoms with Crippen LogP contribution in [0.5, 0.6) is 0 Å². The second kappa shape index (κ2) is 6.53. The number of carbonyl (C=O) groups excluding carboxylic acids is 1. The highest BCUT2D eigenvalue weighted by Gasteiger charge is 2.18. The first-order valence-corrected chi connectivity index (χ1v) is 9.54. The lowest BCUT2D eigenvalue weighted by Crippen LogP contribution is -2.29. The predicted molar refractivity (Wildman–Crippen MR) is 95.7 cm³/mol. The van der Waals surface area contributed by atoms with Gasteiger partial charge in [0, 0.05) is 22.2 Å². The number of nitrogens with one attached hydrogen (secondary N) is 1. The molecule has 1 amide bonds. The normalized spacial score (nSPS) is 12.0. The molecule has 7 heteroatoms. The molecule has 1 N–H and O–H groups in total. The molecule has 0 fully saturated rings. The molecule has 0 radical (unpaired) electrons. The number of nitrogens with zero attached hydrogens (tertiary/aromatic N) is 1. The third-order valence-corrected chi connectivity index (χ3v) is 4.19. The van der Waals surface area contributed by atoms with Crippen molar-refractivity contribution in [2.24, 2.45) is 0 Å². The van der Waals surface area contributed by atoms with Gasteiger partial charge in [0.25, 0.3) is 5.91 Å². The Morgan fingerprint density at radius 1 is 1.17 bits per heavy atom. The van der Waals surface area contributed by atoms with Crippen molar-refractivity contribution in [3.63, 3.8) is 0 Å². The Kier molecular flexibility index (Phi) is 5.01. The Hall–Kier alpha value is -1.92. The fourth-order valence-electron chi connectivity index (χ4n) is 2.09. The number of hydrogen-bond donors (Lipinski definition) is 1. The van der Waals surface area contributed by atoms with Gasteiger partial charge in [-0.15, -0.1) is 0 Å². The van der Waals surface area contributed by atoms with E-state index in [9.17, 15) is 13.2 Å². The molecule has 2 aromatic rings. The quantitative estimate of drug-likeness (QED) is 0.903. The van der Waals surface area contributed by atoms with E-state index in [1.165, 1.54) is 12.1 Å². The minimum absolute atomic E-state index is 0.131. The first-order chi connectivity index (χ1) is 11.0. The number of halogens is 1. The molecule has 0 aliphatic rings. The third kappa shape index (κ3) is 4.55. The van der Waals surface area contributed by atoms with Gasteiger partial charge in [0.2, 0.25) is 10.0 Å². The van der Waals surface area contributed by atoms with E-state index in [-0.39, 0.29) is 11.0 Å². The van der Waals surface area contributed by atoms with E-state index < -0.39 is 15.9 Å². The molecule has 0 spiro atoms.